The van der Waals surface area contributed by atoms with E-state index in [0.29, 0.717) is 17.7 Å². The Morgan fingerprint density at radius 1 is 1.17 bits per heavy atom. The highest BCUT2D eigenvalue weighted by Crippen LogP contribution is 2.22. The van der Waals surface area contributed by atoms with E-state index in [1.807, 2.05) is 43.3 Å². The second-order valence-corrected chi connectivity index (χ2v) is 5.31. The maximum absolute atomic E-state index is 12.7. The Kier molecular flexibility index (Phi) is 5.92. The van der Waals surface area contributed by atoms with Gasteiger partial charge in [-0.1, -0.05) is 37.3 Å². The topological polar surface area (TPSA) is 52.4 Å². The van der Waals surface area contributed by atoms with Crippen LogP contribution >= 0.6 is 0 Å². The molecule has 0 N–H and O–H groups in total. The maximum atomic E-state index is 12.7. The average Bonchev–Trinajstić information content (AvgIpc) is 2.60. The molecule has 0 amide bonds. The van der Waals surface area contributed by atoms with E-state index in [1.54, 1.807) is 18.2 Å². The van der Waals surface area contributed by atoms with Gasteiger partial charge in [0.25, 0.3) is 0 Å². The molecule has 0 aromatic heterocycles. The SMILES string of the molecule is CCC(C[N+]([O-])=Cc1ccccc1)C(=O)c1ccccc1OC. The van der Waals surface area contributed by atoms with Crippen LogP contribution in [-0.4, -0.2) is 30.4 Å². The minimum absolute atomic E-state index is 0.0627. The van der Waals surface area contributed by atoms with E-state index in [4.69, 9.17) is 4.74 Å². The van der Waals surface area contributed by atoms with Crippen LogP contribution in [0.3, 0.4) is 0 Å². The molecule has 23 heavy (non-hydrogen) atoms. The van der Waals surface area contributed by atoms with Crippen LogP contribution in [-0.2, 0) is 0 Å². The molecule has 0 aliphatic carbocycles. The number of para-hydroxylation sites is 1. The summed E-state index contributed by atoms with van der Waals surface area (Å²) in [4.78, 5) is 12.7. The fourth-order valence-corrected chi connectivity index (χ4v) is 2.44. The molecule has 0 aliphatic rings. The van der Waals surface area contributed by atoms with Gasteiger partial charge in [0.05, 0.1) is 18.6 Å². The third-order valence-corrected chi connectivity index (χ3v) is 3.73. The highest BCUT2D eigenvalue weighted by atomic mass is 16.5. The number of hydrogen-bond donors (Lipinski definition) is 0. The minimum Gasteiger partial charge on any atom is -0.624 e. The first-order valence-electron chi connectivity index (χ1n) is 7.66. The molecule has 2 aromatic rings. The molecule has 0 fully saturated rings. The predicted octanol–water partition coefficient (Wildman–Crippen LogP) is 3.53. The molecule has 0 bridgehead atoms. The molecule has 0 radical (unpaired) electrons. The molecule has 1 unspecified atom stereocenters. The minimum atomic E-state index is -0.372. The highest BCUT2D eigenvalue weighted by Gasteiger charge is 2.24. The first-order valence-corrected chi connectivity index (χ1v) is 7.66. The molecule has 0 saturated heterocycles. The molecule has 0 spiro atoms. The van der Waals surface area contributed by atoms with E-state index in [2.05, 4.69) is 0 Å². The van der Waals surface area contributed by atoms with Crippen LogP contribution in [0.2, 0.25) is 0 Å². The number of carbonyl (C=O) groups is 1. The Labute approximate surface area is 136 Å². The van der Waals surface area contributed by atoms with Gasteiger partial charge < -0.3 is 9.94 Å². The summed E-state index contributed by atoms with van der Waals surface area (Å²) >= 11 is 0. The summed E-state index contributed by atoms with van der Waals surface area (Å²) in [5, 5.41) is 12.1. The van der Waals surface area contributed by atoms with Gasteiger partial charge in [-0.25, -0.2) is 4.74 Å². The quantitative estimate of drug-likeness (QED) is 0.258. The van der Waals surface area contributed by atoms with Crippen molar-refractivity contribution in [3.63, 3.8) is 0 Å². The van der Waals surface area contributed by atoms with Crippen LogP contribution in [0.1, 0.15) is 29.3 Å². The zero-order chi connectivity index (χ0) is 16.7. The van der Waals surface area contributed by atoms with E-state index < -0.39 is 0 Å². The van der Waals surface area contributed by atoms with Crippen LogP contribution in [0.15, 0.2) is 54.6 Å². The number of hydrogen-bond acceptors (Lipinski definition) is 3. The van der Waals surface area contributed by atoms with Gasteiger partial charge >= 0.3 is 0 Å². The van der Waals surface area contributed by atoms with E-state index in [0.717, 1.165) is 10.3 Å². The van der Waals surface area contributed by atoms with E-state index in [1.165, 1.54) is 13.3 Å². The number of methoxy groups -OCH3 is 1. The van der Waals surface area contributed by atoms with Crippen LogP contribution < -0.4 is 4.74 Å². The number of rotatable bonds is 7. The molecular weight excluding hydrogens is 290 g/mol. The monoisotopic (exact) mass is 311 g/mol. The Balaban J connectivity index is 2.16. The molecule has 2 aromatic carbocycles. The summed E-state index contributed by atoms with van der Waals surface area (Å²) in [6, 6.07) is 16.5. The predicted molar refractivity (Wildman–Crippen MR) is 91.2 cm³/mol. The van der Waals surface area contributed by atoms with Gasteiger partial charge in [0.1, 0.15) is 5.75 Å². The first-order chi connectivity index (χ1) is 11.2. The third-order valence-electron chi connectivity index (χ3n) is 3.73. The van der Waals surface area contributed by atoms with Crippen molar-refractivity contribution in [2.75, 3.05) is 13.7 Å². The zero-order valence-corrected chi connectivity index (χ0v) is 13.4. The summed E-state index contributed by atoms with van der Waals surface area (Å²) in [6.45, 7) is 2.04. The number of hydroxylamine groups is 1. The van der Waals surface area contributed by atoms with Crippen LogP contribution in [0.4, 0.5) is 0 Å². The van der Waals surface area contributed by atoms with Gasteiger partial charge in [0, 0.05) is 5.56 Å². The highest BCUT2D eigenvalue weighted by molar-refractivity contribution is 6.00. The lowest BCUT2D eigenvalue weighted by atomic mass is 9.94. The van der Waals surface area contributed by atoms with Crippen molar-refractivity contribution in [3.05, 3.63) is 70.9 Å². The van der Waals surface area contributed by atoms with Crippen molar-refractivity contribution in [3.8, 4) is 5.75 Å². The van der Waals surface area contributed by atoms with Crippen molar-refractivity contribution >= 4 is 12.0 Å². The Bertz CT molecular complexity index is 680. The van der Waals surface area contributed by atoms with Crippen LogP contribution in [0, 0.1) is 11.1 Å². The van der Waals surface area contributed by atoms with Crippen molar-refractivity contribution < 1.29 is 14.3 Å². The molecule has 1 atom stereocenters. The Morgan fingerprint density at radius 3 is 2.48 bits per heavy atom. The smallest absolute Gasteiger partial charge is 0.181 e. The van der Waals surface area contributed by atoms with Gasteiger partial charge in [0.2, 0.25) is 0 Å². The van der Waals surface area contributed by atoms with Crippen molar-refractivity contribution in [2.24, 2.45) is 5.92 Å². The Morgan fingerprint density at radius 2 is 1.83 bits per heavy atom. The molecule has 4 heteroatoms. The maximum Gasteiger partial charge on any atom is 0.181 e. The van der Waals surface area contributed by atoms with Crippen molar-refractivity contribution in [1.82, 2.24) is 0 Å². The summed E-state index contributed by atoms with van der Waals surface area (Å²) in [5.41, 5.74) is 1.34. The standard InChI is InChI=1S/C19H21NO3/c1-3-16(14-20(22)13-15-9-5-4-6-10-15)19(21)17-11-7-8-12-18(17)23-2/h4-13,16H,3,14H2,1-2H3. The number of carbonyl (C=O) groups excluding carboxylic acids is 1. The van der Waals surface area contributed by atoms with Crippen molar-refractivity contribution in [2.45, 2.75) is 13.3 Å². The number of nitrogens with zero attached hydrogens (tertiary/aromatic N) is 1. The van der Waals surface area contributed by atoms with Gasteiger partial charge in [-0.15, -0.1) is 0 Å². The second kappa shape index (κ2) is 8.13. The van der Waals surface area contributed by atoms with Gasteiger partial charge in [-0.3, -0.25) is 4.79 Å². The lowest BCUT2D eigenvalue weighted by Gasteiger charge is -2.15. The van der Waals surface area contributed by atoms with E-state index in [9.17, 15) is 10.0 Å². The van der Waals surface area contributed by atoms with Crippen LogP contribution in [0.5, 0.6) is 5.75 Å². The third kappa shape index (κ3) is 4.42. The molecule has 2 rings (SSSR count). The van der Waals surface area contributed by atoms with E-state index >= 15 is 0 Å². The van der Waals surface area contributed by atoms with Gasteiger partial charge in [-0.2, -0.15) is 0 Å². The number of benzene rings is 2. The molecule has 0 aliphatic heterocycles. The molecule has 120 valence electrons. The molecule has 0 heterocycles. The number of ether oxygens (including phenoxy) is 1. The Hall–Kier alpha value is -2.62. The number of Topliss-reactive ketones (excluding diaryl/α,β-unsaturated/α-hetero) is 1. The van der Waals surface area contributed by atoms with Gasteiger partial charge in [-0.05, 0) is 30.7 Å². The zero-order valence-electron chi connectivity index (χ0n) is 13.4. The summed E-state index contributed by atoms with van der Waals surface area (Å²) in [7, 11) is 1.54. The fraction of sp³-hybridized carbons (Fsp3) is 0.263. The second-order valence-electron chi connectivity index (χ2n) is 5.31. The summed E-state index contributed by atoms with van der Waals surface area (Å²) in [5.74, 6) is 0.108. The lowest BCUT2D eigenvalue weighted by molar-refractivity contribution is -0.458. The lowest BCUT2D eigenvalue weighted by Crippen LogP contribution is -2.25. The number of ketones is 1. The first kappa shape index (κ1) is 16.7. The molecule has 0 saturated carbocycles. The van der Waals surface area contributed by atoms with Crippen LogP contribution in [0.25, 0.3) is 0 Å². The largest absolute Gasteiger partial charge is 0.624 e. The normalized spacial score (nSPS) is 12.7. The molecular formula is C19H21NO3. The average molecular weight is 311 g/mol. The van der Waals surface area contributed by atoms with Crippen molar-refractivity contribution in [1.29, 1.82) is 0 Å². The summed E-state index contributed by atoms with van der Waals surface area (Å²) in [6.07, 6.45) is 2.11. The van der Waals surface area contributed by atoms with E-state index in [-0.39, 0.29) is 18.2 Å². The summed E-state index contributed by atoms with van der Waals surface area (Å²) < 4.78 is 6.07. The fourth-order valence-electron chi connectivity index (χ4n) is 2.44. The molecule has 4 nitrogen and oxygen atoms in total. The van der Waals surface area contributed by atoms with Gasteiger partial charge in [0.15, 0.2) is 18.5 Å².